The maximum absolute atomic E-state index is 11.6. The van der Waals surface area contributed by atoms with Gasteiger partial charge in [-0.2, -0.15) is 0 Å². The number of hydrogen-bond acceptors (Lipinski definition) is 2. The Hall–Kier alpha value is -0.660. The van der Waals surface area contributed by atoms with Crippen molar-refractivity contribution in [2.45, 2.75) is 87.0 Å². The normalized spacial score (nSPS) is 26.2. The molecular weight excluding hydrogens is 282 g/mol. The first-order chi connectivity index (χ1) is 10.5. The topological polar surface area (TPSA) is 40.9 Å². The molecule has 23 heavy (non-hydrogen) atoms. The summed E-state index contributed by atoms with van der Waals surface area (Å²) in [6, 6.07) is 0. The van der Waals surface area contributed by atoms with Crippen molar-refractivity contribution >= 4 is 12.0 Å². The van der Waals surface area contributed by atoms with Crippen molar-refractivity contribution in [3.05, 3.63) is 0 Å². The first kappa shape index (κ1) is 20.4. The third kappa shape index (κ3) is 5.43. The molecule has 1 aliphatic carbocycles. The van der Waals surface area contributed by atoms with Crippen LogP contribution >= 0.6 is 0 Å². The van der Waals surface area contributed by atoms with Gasteiger partial charge >= 0.3 is 0 Å². The summed E-state index contributed by atoms with van der Waals surface area (Å²) in [5.41, 5.74) is 0.771. The summed E-state index contributed by atoms with van der Waals surface area (Å²) in [5.74, 6) is 2.63. The number of ketones is 1. The fourth-order valence-electron chi connectivity index (χ4n) is 5.28. The van der Waals surface area contributed by atoms with Crippen molar-refractivity contribution in [3.8, 4) is 0 Å². The van der Waals surface area contributed by atoms with Crippen LogP contribution in [0.2, 0.25) is 0 Å². The highest BCUT2D eigenvalue weighted by Crippen LogP contribution is 2.56. The molecule has 2 heteroatoms. The predicted octanol–water partition coefficient (Wildman–Crippen LogP) is 6.14. The Labute approximate surface area is 144 Å². The summed E-state index contributed by atoms with van der Waals surface area (Å²) >= 11 is 0. The molecule has 0 saturated heterocycles. The Balaban J connectivity index is 2.53. The summed E-state index contributed by atoms with van der Waals surface area (Å²) in [4.78, 5) is 11.6. The minimum absolute atomic E-state index is 0.00137. The molecule has 1 rings (SSSR count). The van der Waals surface area contributed by atoms with Crippen LogP contribution in [0, 0.1) is 39.9 Å². The second-order valence-corrected chi connectivity index (χ2v) is 9.67. The molecule has 1 saturated carbocycles. The third-order valence-electron chi connectivity index (χ3n) is 6.37. The zero-order valence-corrected chi connectivity index (χ0v) is 16.5. The van der Waals surface area contributed by atoms with Crippen molar-refractivity contribution in [2.24, 2.45) is 34.5 Å². The second kappa shape index (κ2) is 7.94. The van der Waals surface area contributed by atoms with E-state index in [4.69, 9.17) is 5.41 Å². The summed E-state index contributed by atoms with van der Waals surface area (Å²) in [6.45, 7) is 16.5. The van der Waals surface area contributed by atoms with Gasteiger partial charge in [0.1, 0.15) is 0 Å². The molecule has 0 aliphatic heterocycles. The van der Waals surface area contributed by atoms with Gasteiger partial charge in [-0.05, 0) is 47.3 Å². The minimum atomic E-state index is 0.00137. The highest BCUT2D eigenvalue weighted by atomic mass is 16.1. The van der Waals surface area contributed by atoms with Gasteiger partial charge in [-0.1, -0.05) is 67.7 Å². The number of carbonyl (C=O) groups excluding carboxylic acids is 1. The molecule has 2 nitrogen and oxygen atoms in total. The van der Waals surface area contributed by atoms with Gasteiger partial charge in [-0.25, -0.2) is 0 Å². The largest absolute Gasteiger partial charge is 0.305 e. The molecule has 0 aromatic carbocycles. The summed E-state index contributed by atoms with van der Waals surface area (Å²) in [7, 11) is 0. The second-order valence-electron chi connectivity index (χ2n) is 9.67. The fourth-order valence-corrected chi connectivity index (χ4v) is 5.28. The lowest BCUT2D eigenvalue weighted by Gasteiger charge is -2.54. The van der Waals surface area contributed by atoms with Crippen molar-refractivity contribution in [1.82, 2.24) is 0 Å². The van der Waals surface area contributed by atoms with E-state index in [2.05, 4.69) is 48.5 Å². The maximum atomic E-state index is 11.6. The lowest BCUT2D eigenvalue weighted by atomic mass is 9.50. The molecule has 4 unspecified atom stereocenters. The van der Waals surface area contributed by atoms with Gasteiger partial charge in [0.25, 0.3) is 0 Å². The van der Waals surface area contributed by atoms with Gasteiger partial charge in [0, 0.05) is 6.42 Å². The molecular formula is C21H39NO. The fraction of sp³-hybridized carbons (Fsp3) is 0.905. The molecule has 1 fully saturated rings. The molecule has 0 aromatic rings. The Kier molecular flexibility index (Phi) is 7.04. The van der Waals surface area contributed by atoms with Crippen LogP contribution in [0.3, 0.4) is 0 Å². The molecule has 0 amide bonds. The van der Waals surface area contributed by atoms with Crippen LogP contribution in [-0.2, 0) is 4.79 Å². The van der Waals surface area contributed by atoms with Crippen molar-refractivity contribution in [1.29, 1.82) is 5.41 Å². The Morgan fingerprint density at radius 2 is 1.91 bits per heavy atom. The number of Topliss-reactive ketones (excluding diaryl/α,β-unsaturated/α-hetero) is 1. The van der Waals surface area contributed by atoms with E-state index in [1.54, 1.807) is 0 Å². The van der Waals surface area contributed by atoms with E-state index in [0.717, 1.165) is 18.6 Å². The van der Waals surface area contributed by atoms with Gasteiger partial charge in [0.05, 0.1) is 6.21 Å². The summed E-state index contributed by atoms with van der Waals surface area (Å²) in [5, 5.41) is 7.14. The van der Waals surface area contributed by atoms with E-state index in [1.807, 2.05) is 0 Å². The van der Waals surface area contributed by atoms with E-state index >= 15 is 0 Å². The number of carbonyl (C=O) groups is 1. The zero-order chi connectivity index (χ0) is 17.8. The van der Waals surface area contributed by atoms with Gasteiger partial charge < -0.3 is 5.41 Å². The van der Waals surface area contributed by atoms with Crippen LogP contribution in [0.5, 0.6) is 0 Å². The Bertz CT molecular complexity index is 405. The molecule has 0 bridgehead atoms. The van der Waals surface area contributed by atoms with Gasteiger partial charge in [-0.15, -0.1) is 0 Å². The van der Waals surface area contributed by atoms with Crippen molar-refractivity contribution in [3.63, 3.8) is 0 Å². The highest BCUT2D eigenvalue weighted by Gasteiger charge is 2.49. The molecule has 0 radical (unpaired) electrons. The smallest absolute Gasteiger partial charge is 0.173 e. The first-order valence-corrected chi connectivity index (χ1v) is 9.56. The molecule has 1 aliphatic rings. The SMILES string of the molecule is CCC(CCCC(C)C1C(CC(=O)C=N)CC1(C)C)C(C)(C)C. The van der Waals surface area contributed by atoms with Gasteiger partial charge in [0.15, 0.2) is 5.78 Å². The first-order valence-electron chi connectivity index (χ1n) is 9.56. The van der Waals surface area contributed by atoms with Crippen LogP contribution in [0.15, 0.2) is 0 Å². The minimum Gasteiger partial charge on any atom is -0.305 e. The Morgan fingerprint density at radius 1 is 1.30 bits per heavy atom. The van der Waals surface area contributed by atoms with Crippen LogP contribution in [0.4, 0.5) is 0 Å². The molecule has 0 spiro atoms. The van der Waals surface area contributed by atoms with Crippen LogP contribution in [-0.4, -0.2) is 12.0 Å². The average molecular weight is 322 g/mol. The highest BCUT2D eigenvalue weighted by molar-refractivity contribution is 6.26. The van der Waals surface area contributed by atoms with E-state index < -0.39 is 0 Å². The standard InChI is InChI=1S/C21H39NO/c1-8-17(20(3,4)5)11-9-10-15(2)19-16(12-18(23)14-22)13-21(19,6)7/h14-17,19,22H,8-13H2,1-7H3. The molecule has 134 valence electrons. The van der Waals surface area contributed by atoms with Crippen molar-refractivity contribution in [2.75, 3.05) is 0 Å². The van der Waals surface area contributed by atoms with E-state index in [-0.39, 0.29) is 5.78 Å². The van der Waals surface area contributed by atoms with Crippen LogP contribution < -0.4 is 0 Å². The number of hydrogen-bond donors (Lipinski definition) is 1. The lowest BCUT2D eigenvalue weighted by Crippen LogP contribution is -2.48. The number of nitrogens with one attached hydrogen (secondary N) is 1. The van der Waals surface area contributed by atoms with E-state index in [1.165, 1.54) is 25.7 Å². The quantitative estimate of drug-likeness (QED) is 0.509. The lowest BCUT2D eigenvalue weighted by molar-refractivity contribution is -0.119. The molecule has 0 aromatic heterocycles. The number of rotatable bonds is 9. The van der Waals surface area contributed by atoms with Crippen LogP contribution in [0.1, 0.15) is 87.0 Å². The van der Waals surface area contributed by atoms with E-state index in [0.29, 0.717) is 35.0 Å². The van der Waals surface area contributed by atoms with Crippen LogP contribution in [0.25, 0.3) is 0 Å². The van der Waals surface area contributed by atoms with Crippen molar-refractivity contribution < 1.29 is 4.79 Å². The molecule has 0 heterocycles. The molecule has 1 N–H and O–H groups in total. The van der Waals surface area contributed by atoms with E-state index in [9.17, 15) is 4.79 Å². The third-order valence-corrected chi connectivity index (χ3v) is 6.37. The summed E-state index contributed by atoms with van der Waals surface area (Å²) < 4.78 is 0. The monoisotopic (exact) mass is 321 g/mol. The maximum Gasteiger partial charge on any atom is 0.173 e. The Morgan fingerprint density at radius 3 is 2.35 bits per heavy atom. The van der Waals surface area contributed by atoms with Gasteiger partial charge in [-0.3, -0.25) is 4.79 Å². The summed E-state index contributed by atoms with van der Waals surface area (Å²) in [6.07, 6.45) is 7.89. The average Bonchev–Trinajstić information content (AvgIpc) is 2.40. The predicted molar refractivity (Wildman–Crippen MR) is 100 cm³/mol. The molecule has 4 atom stereocenters. The van der Waals surface area contributed by atoms with Gasteiger partial charge in [0.2, 0.25) is 0 Å². The zero-order valence-electron chi connectivity index (χ0n) is 16.5.